The van der Waals surface area contributed by atoms with Crippen molar-refractivity contribution < 1.29 is 33.4 Å². The zero-order chi connectivity index (χ0) is 37.5. The van der Waals surface area contributed by atoms with E-state index in [1.165, 1.54) is 15.9 Å². The number of ketones is 1. The van der Waals surface area contributed by atoms with E-state index < -0.39 is 41.4 Å². The van der Waals surface area contributed by atoms with Crippen LogP contribution in [0.25, 0.3) is 11.0 Å². The third kappa shape index (κ3) is 10.3. The van der Waals surface area contributed by atoms with Gasteiger partial charge in [0.1, 0.15) is 28.6 Å². The fourth-order valence-corrected chi connectivity index (χ4v) is 5.63. The van der Waals surface area contributed by atoms with Crippen LogP contribution in [0, 0.1) is 12.3 Å². The van der Waals surface area contributed by atoms with Gasteiger partial charge in [0.05, 0.1) is 23.7 Å². The number of piperidine rings is 1. The maximum Gasteiger partial charge on any atom is 0.410 e. The van der Waals surface area contributed by atoms with Crippen molar-refractivity contribution in [3.05, 3.63) is 59.4 Å². The normalized spacial score (nSPS) is 15.3. The average molecular weight is 701 g/mol. The molecule has 3 aromatic rings. The second kappa shape index (κ2) is 16.1. The van der Waals surface area contributed by atoms with E-state index in [0.717, 1.165) is 12.8 Å². The van der Waals surface area contributed by atoms with Crippen LogP contribution in [0.2, 0.25) is 0 Å². The number of fused-ring (bicyclic) bond motifs is 1. The summed E-state index contributed by atoms with van der Waals surface area (Å²) in [6.45, 7) is 12.8. The largest absolute Gasteiger partial charge is 0.444 e. The number of benzene rings is 2. The van der Waals surface area contributed by atoms with Crippen molar-refractivity contribution >= 4 is 46.5 Å². The summed E-state index contributed by atoms with van der Waals surface area (Å²) in [5.41, 5.74) is 0.449. The number of hydrogen-bond acceptors (Lipinski definition) is 8. The highest BCUT2D eigenvalue weighted by Gasteiger charge is 2.35. The molecule has 0 spiro atoms. The number of likely N-dealkylation sites (tertiary alicyclic amines) is 1. The van der Waals surface area contributed by atoms with Crippen LogP contribution in [0.1, 0.15) is 107 Å². The van der Waals surface area contributed by atoms with Gasteiger partial charge in [0, 0.05) is 30.8 Å². The number of rotatable bonds is 10. The predicted molar refractivity (Wildman–Crippen MR) is 193 cm³/mol. The minimum Gasteiger partial charge on any atom is -0.444 e. The van der Waals surface area contributed by atoms with Gasteiger partial charge in [0.2, 0.25) is 5.91 Å². The molecule has 1 aromatic heterocycles. The number of amides is 4. The topological polar surface area (TPSA) is 163 Å². The fraction of sp³-hybridized carbons (Fsp3) is 0.474. The minimum absolute atomic E-state index is 0.241. The molecule has 1 aliphatic heterocycles. The molecule has 2 atom stereocenters. The van der Waals surface area contributed by atoms with Gasteiger partial charge < -0.3 is 25.1 Å². The number of carbonyl (C=O) groups is 5. The molecule has 1 aliphatic rings. The lowest BCUT2D eigenvalue weighted by molar-refractivity contribution is -0.122. The number of aromatic nitrogens is 2. The molecule has 51 heavy (non-hydrogen) atoms. The average Bonchev–Trinajstić information content (AvgIpc) is 3.50. The molecule has 3 N–H and O–H groups in total. The van der Waals surface area contributed by atoms with Crippen LogP contribution in [0.4, 0.5) is 15.3 Å². The Morgan fingerprint density at radius 3 is 2.43 bits per heavy atom. The van der Waals surface area contributed by atoms with E-state index in [1.54, 1.807) is 84.9 Å². The third-order valence-electron chi connectivity index (χ3n) is 8.06. The van der Waals surface area contributed by atoms with Crippen molar-refractivity contribution in [1.82, 2.24) is 25.1 Å². The first kappa shape index (κ1) is 38.4. The van der Waals surface area contributed by atoms with Crippen molar-refractivity contribution in [3.63, 3.8) is 0 Å². The van der Waals surface area contributed by atoms with E-state index in [1.807, 2.05) is 0 Å². The number of nitrogens with zero attached hydrogens (tertiary/aromatic N) is 3. The number of ether oxygens (including phenoxy) is 2. The van der Waals surface area contributed by atoms with Gasteiger partial charge in [-0.3, -0.25) is 24.2 Å². The Morgan fingerprint density at radius 2 is 1.75 bits per heavy atom. The first-order valence-corrected chi connectivity index (χ1v) is 17.1. The minimum atomic E-state index is -0.711. The Labute approximate surface area is 298 Å². The molecular formula is C38H48N6O7. The summed E-state index contributed by atoms with van der Waals surface area (Å²) in [5.74, 6) is 1.72. The van der Waals surface area contributed by atoms with Crippen molar-refractivity contribution in [2.75, 3.05) is 25.0 Å². The van der Waals surface area contributed by atoms with Gasteiger partial charge in [-0.2, -0.15) is 0 Å². The van der Waals surface area contributed by atoms with Crippen LogP contribution in [0.15, 0.2) is 42.5 Å². The lowest BCUT2D eigenvalue weighted by atomic mass is 10.0. The maximum absolute atomic E-state index is 13.4. The van der Waals surface area contributed by atoms with Crippen molar-refractivity contribution in [2.45, 2.75) is 97.4 Å². The highest BCUT2D eigenvalue weighted by molar-refractivity contribution is 6.08. The second-order valence-electron chi connectivity index (χ2n) is 14.5. The van der Waals surface area contributed by atoms with E-state index >= 15 is 0 Å². The van der Waals surface area contributed by atoms with Crippen LogP contribution in [0.3, 0.4) is 0 Å². The van der Waals surface area contributed by atoms with Crippen LogP contribution < -0.4 is 10.6 Å². The Kier molecular flexibility index (Phi) is 12.1. The number of carbonyl (C=O) groups excluding carboxylic acids is 5. The smallest absolute Gasteiger partial charge is 0.410 e. The van der Waals surface area contributed by atoms with E-state index in [2.05, 4.69) is 26.5 Å². The molecule has 0 bridgehead atoms. The van der Waals surface area contributed by atoms with Crippen LogP contribution in [-0.2, 0) is 14.3 Å². The molecule has 13 heteroatoms. The number of nitrogens with one attached hydrogen (secondary N) is 3. The lowest BCUT2D eigenvalue weighted by Gasteiger charge is -2.35. The number of para-hydroxylation sites is 1. The summed E-state index contributed by atoms with van der Waals surface area (Å²) in [5, 5.41) is 5.51. The van der Waals surface area contributed by atoms with E-state index in [-0.39, 0.29) is 35.9 Å². The molecule has 0 saturated carbocycles. The number of terminal acetylenes is 1. The van der Waals surface area contributed by atoms with Crippen molar-refractivity contribution in [2.24, 2.45) is 0 Å². The number of anilines is 1. The molecule has 0 unspecified atom stereocenters. The van der Waals surface area contributed by atoms with Gasteiger partial charge in [-0.1, -0.05) is 18.2 Å². The molecule has 13 nitrogen and oxygen atoms in total. The predicted octanol–water partition coefficient (Wildman–Crippen LogP) is 6.23. The van der Waals surface area contributed by atoms with E-state index in [0.29, 0.717) is 41.9 Å². The van der Waals surface area contributed by atoms with Gasteiger partial charge in [0.25, 0.3) is 5.91 Å². The molecule has 0 radical (unpaired) electrons. The zero-order valence-electron chi connectivity index (χ0n) is 30.4. The Morgan fingerprint density at radius 1 is 1.04 bits per heavy atom. The molecule has 1 saturated heterocycles. The van der Waals surface area contributed by atoms with Gasteiger partial charge in [-0.25, -0.2) is 14.6 Å². The number of Topliss-reactive ketones (excluding diaryl/α,β-unsaturated/α-hetero) is 1. The quantitative estimate of drug-likeness (QED) is 0.166. The van der Waals surface area contributed by atoms with Crippen molar-refractivity contribution in [1.29, 1.82) is 0 Å². The number of H-pyrrole nitrogens is 1. The molecule has 0 aliphatic carbocycles. The summed E-state index contributed by atoms with van der Waals surface area (Å²) >= 11 is 0. The highest BCUT2D eigenvalue weighted by Crippen LogP contribution is 2.26. The molecule has 4 rings (SSSR count). The van der Waals surface area contributed by atoms with Gasteiger partial charge >= 0.3 is 12.2 Å². The SMILES string of the molecule is C#CCCN(C(=O)OC(C)(C)C)[C@@H](C)c1nc2c(C(=O)NCC(=O)c3cccc(NC(=O)[C@@H]4CCCCN4C(=O)OC(C)(C)C)c3)cccc2[nH]1. The molecule has 1 fully saturated rings. The first-order valence-electron chi connectivity index (χ1n) is 17.1. The second-order valence-corrected chi connectivity index (χ2v) is 14.5. The van der Waals surface area contributed by atoms with Gasteiger partial charge in [-0.15, -0.1) is 12.3 Å². The van der Waals surface area contributed by atoms with Crippen molar-refractivity contribution in [3.8, 4) is 12.3 Å². The molecular weight excluding hydrogens is 652 g/mol. The number of aromatic amines is 1. The van der Waals surface area contributed by atoms with Crippen LogP contribution >= 0.6 is 0 Å². The molecule has 2 heterocycles. The molecule has 4 amide bonds. The monoisotopic (exact) mass is 700 g/mol. The molecule has 2 aromatic carbocycles. The van der Waals surface area contributed by atoms with Gasteiger partial charge in [0.15, 0.2) is 5.78 Å². The summed E-state index contributed by atoms with van der Waals surface area (Å²) in [7, 11) is 0. The Balaban J connectivity index is 1.43. The summed E-state index contributed by atoms with van der Waals surface area (Å²) in [6.07, 6.45) is 6.76. The number of hydrogen-bond donors (Lipinski definition) is 3. The van der Waals surface area contributed by atoms with Gasteiger partial charge in [-0.05, 0) is 92.0 Å². The first-order chi connectivity index (χ1) is 24.0. The van der Waals surface area contributed by atoms with E-state index in [9.17, 15) is 24.0 Å². The van der Waals surface area contributed by atoms with E-state index in [4.69, 9.17) is 15.9 Å². The molecule has 272 valence electrons. The fourth-order valence-electron chi connectivity index (χ4n) is 5.63. The Bertz CT molecular complexity index is 1810. The standard InChI is InChI=1S/C38H48N6O7/c1-9-10-20-43(35(48)50-37(3,4)5)24(2)32-41-28-18-14-17-27(31(28)42-32)33(46)39-23-30(45)25-15-13-16-26(22-25)40-34(47)29-19-11-12-21-44(29)36(49)51-38(6,7)8/h1,13-18,22,24,29H,10-12,19-21,23H2,2-8H3,(H,39,46)(H,40,47)(H,41,42)/t24-,29-/m0/s1. The third-order valence-corrected chi connectivity index (χ3v) is 8.06. The number of imidazole rings is 1. The zero-order valence-corrected chi connectivity index (χ0v) is 30.4. The maximum atomic E-state index is 13.4. The summed E-state index contributed by atoms with van der Waals surface area (Å²) in [6, 6.07) is 10.2. The van der Waals surface area contributed by atoms with Crippen LogP contribution in [-0.4, -0.2) is 86.4 Å². The highest BCUT2D eigenvalue weighted by atomic mass is 16.6. The Hall–Kier alpha value is -5.38. The van der Waals surface area contributed by atoms with Crippen LogP contribution in [0.5, 0.6) is 0 Å². The summed E-state index contributed by atoms with van der Waals surface area (Å²) < 4.78 is 11.1. The summed E-state index contributed by atoms with van der Waals surface area (Å²) in [4.78, 5) is 76.4. The lowest BCUT2D eigenvalue weighted by Crippen LogP contribution is -2.51.